The van der Waals surface area contributed by atoms with Gasteiger partial charge in [0.1, 0.15) is 17.0 Å². The standard InChI is InChI=1S/C15H23N3O5/c1-15(2,3)22-14(20)18-7-5-6-9(8-18)11-10(16)12(23-17-11)13(19)21-4/h9H,5-8,16H2,1-4H3. The van der Waals surface area contributed by atoms with Crippen LogP contribution in [0.4, 0.5) is 10.5 Å². The summed E-state index contributed by atoms with van der Waals surface area (Å²) in [4.78, 5) is 25.4. The van der Waals surface area contributed by atoms with Crippen molar-refractivity contribution in [3.8, 4) is 0 Å². The SMILES string of the molecule is COC(=O)c1onc(C2CCCN(C(=O)OC(C)(C)C)C2)c1N. The zero-order valence-corrected chi connectivity index (χ0v) is 13.9. The molecule has 0 saturated carbocycles. The Morgan fingerprint density at radius 2 is 2.09 bits per heavy atom. The Labute approximate surface area is 134 Å². The highest BCUT2D eigenvalue weighted by molar-refractivity contribution is 5.92. The Kier molecular flexibility index (Phi) is 4.82. The highest BCUT2D eigenvalue weighted by atomic mass is 16.6. The van der Waals surface area contributed by atoms with Gasteiger partial charge in [0.25, 0.3) is 5.76 Å². The number of aromatic nitrogens is 1. The van der Waals surface area contributed by atoms with Gasteiger partial charge >= 0.3 is 12.1 Å². The minimum Gasteiger partial charge on any atom is -0.463 e. The molecule has 128 valence electrons. The second-order valence-electron chi connectivity index (χ2n) is 6.57. The molecular weight excluding hydrogens is 302 g/mol. The molecule has 1 aliphatic heterocycles. The quantitative estimate of drug-likeness (QED) is 0.830. The summed E-state index contributed by atoms with van der Waals surface area (Å²) in [6.07, 6.45) is 1.23. The summed E-state index contributed by atoms with van der Waals surface area (Å²) in [6.45, 7) is 6.51. The maximum Gasteiger partial charge on any atom is 0.410 e. The molecule has 23 heavy (non-hydrogen) atoms. The van der Waals surface area contributed by atoms with E-state index in [0.717, 1.165) is 12.8 Å². The van der Waals surface area contributed by atoms with Crippen LogP contribution in [-0.4, -0.2) is 47.9 Å². The number of nitrogens with two attached hydrogens (primary N) is 1. The lowest BCUT2D eigenvalue weighted by molar-refractivity contribution is 0.0196. The number of hydrogen-bond acceptors (Lipinski definition) is 7. The summed E-state index contributed by atoms with van der Waals surface area (Å²) in [5, 5.41) is 3.90. The van der Waals surface area contributed by atoms with Crippen LogP contribution < -0.4 is 5.73 Å². The number of ether oxygens (including phenoxy) is 2. The molecule has 1 saturated heterocycles. The molecule has 1 fully saturated rings. The summed E-state index contributed by atoms with van der Waals surface area (Å²) < 4.78 is 15.0. The van der Waals surface area contributed by atoms with E-state index < -0.39 is 11.6 Å². The summed E-state index contributed by atoms with van der Waals surface area (Å²) in [5.41, 5.74) is 6.05. The Balaban J connectivity index is 2.11. The number of rotatable bonds is 2. The number of methoxy groups -OCH3 is 1. The van der Waals surface area contributed by atoms with Crippen molar-refractivity contribution < 1.29 is 23.6 Å². The van der Waals surface area contributed by atoms with E-state index in [4.69, 9.17) is 15.0 Å². The molecule has 1 amide bonds. The van der Waals surface area contributed by atoms with Crippen LogP contribution in [0.15, 0.2) is 4.52 Å². The fourth-order valence-electron chi connectivity index (χ4n) is 2.54. The number of esters is 1. The van der Waals surface area contributed by atoms with E-state index in [1.165, 1.54) is 7.11 Å². The van der Waals surface area contributed by atoms with Crippen molar-refractivity contribution in [2.24, 2.45) is 0 Å². The van der Waals surface area contributed by atoms with Crippen LogP contribution in [0.5, 0.6) is 0 Å². The van der Waals surface area contributed by atoms with Crippen molar-refractivity contribution in [3.05, 3.63) is 11.5 Å². The Morgan fingerprint density at radius 1 is 1.39 bits per heavy atom. The summed E-state index contributed by atoms with van der Waals surface area (Å²) in [7, 11) is 1.24. The van der Waals surface area contributed by atoms with E-state index in [9.17, 15) is 9.59 Å². The monoisotopic (exact) mass is 325 g/mol. The zero-order valence-electron chi connectivity index (χ0n) is 13.9. The second-order valence-corrected chi connectivity index (χ2v) is 6.57. The number of likely N-dealkylation sites (tertiary alicyclic amines) is 1. The zero-order chi connectivity index (χ0) is 17.2. The van der Waals surface area contributed by atoms with Crippen molar-refractivity contribution in [1.29, 1.82) is 0 Å². The molecule has 1 aromatic heterocycles. The number of hydrogen-bond donors (Lipinski definition) is 1. The summed E-state index contributed by atoms with van der Waals surface area (Å²) >= 11 is 0. The van der Waals surface area contributed by atoms with Gasteiger partial charge in [0.05, 0.1) is 7.11 Å². The predicted octanol–water partition coefficient (Wildman–Crippen LogP) is 2.16. The summed E-state index contributed by atoms with van der Waals surface area (Å²) in [6, 6.07) is 0. The van der Waals surface area contributed by atoms with Crippen LogP contribution in [0.2, 0.25) is 0 Å². The third-order valence-electron chi connectivity index (χ3n) is 3.59. The van der Waals surface area contributed by atoms with Gasteiger partial charge in [0.15, 0.2) is 0 Å². The lowest BCUT2D eigenvalue weighted by Crippen LogP contribution is -2.42. The maximum absolute atomic E-state index is 12.2. The third-order valence-corrected chi connectivity index (χ3v) is 3.59. The normalized spacial score (nSPS) is 18.6. The van der Waals surface area contributed by atoms with Crippen molar-refractivity contribution in [3.63, 3.8) is 0 Å². The minimum absolute atomic E-state index is 0.0987. The van der Waals surface area contributed by atoms with Crippen LogP contribution >= 0.6 is 0 Å². The fourth-order valence-corrected chi connectivity index (χ4v) is 2.54. The lowest BCUT2D eigenvalue weighted by Gasteiger charge is -2.33. The highest BCUT2D eigenvalue weighted by Gasteiger charge is 2.32. The van der Waals surface area contributed by atoms with E-state index >= 15 is 0 Å². The average molecular weight is 325 g/mol. The van der Waals surface area contributed by atoms with E-state index in [1.54, 1.807) is 4.90 Å². The fraction of sp³-hybridized carbons (Fsp3) is 0.667. The Bertz CT molecular complexity index is 590. The molecule has 8 nitrogen and oxygen atoms in total. The largest absolute Gasteiger partial charge is 0.463 e. The van der Waals surface area contributed by atoms with E-state index in [0.29, 0.717) is 18.8 Å². The lowest BCUT2D eigenvalue weighted by atomic mass is 9.94. The second kappa shape index (κ2) is 6.47. The van der Waals surface area contributed by atoms with E-state index in [2.05, 4.69) is 9.89 Å². The number of nitrogen functional groups attached to an aromatic ring is 1. The number of anilines is 1. The van der Waals surface area contributed by atoms with Crippen LogP contribution in [0.25, 0.3) is 0 Å². The first-order chi connectivity index (χ1) is 10.7. The van der Waals surface area contributed by atoms with Crippen molar-refractivity contribution in [2.75, 3.05) is 25.9 Å². The highest BCUT2D eigenvalue weighted by Crippen LogP contribution is 2.32. The average Bonchev–Trinajstić information content (AvgIpc) is 2.86. The topological polar surface area (TPSA) is 108 Å². The molecule has 1 atom stereocenters. The first-order valence-corrected chi connectivity index (χ1v) is 7.54. The van der Waals surface area contributed by atoms with Gasteiger partial charge in [-0.3, -0.25) is 0 Å². The van der Waals surface area contributed by atoms with Crippen LogP contribution in [0.1, 0.15) is 55.8 Å². The maximum atomic E-state index is 12.2. The van der Waals surface area contributed by atoms with Crippen molar-refractivity contribution >= 4 is 17.7 Å². The van der Waals surface area contributed by atoms with Gasteiger partial charge in [-0.2, -0.15) is 0 Å². The number of carbonyl (C=O) groups is 2. The number of nitrogens with zero attached hydrogens (tertiary/aromatic N) is 2. The Morgan fingerprint density at radius 3 is 2.70 bits per heavy atom. The van der Waals surface area contributed by atoms with Crippen LogP contribution in [0, 0.1) is 0 Å². The number of piperidine rings is 1. The van der Waals surface area contributed by atoms with Crippen molar-refractivity contribution in [2.45, 2.75) is 45.1 Å². The summed E-state index contributed by atoms with van der Waals surface area (Å²) in [5.74, 6) is -0.864. The molecule has 1 aliphatic rings. The molecule has 1 unspecified atom stereocenters. The van der Waals surface area contributed by atoms with Gasteiger partial charge < -0.3 is 24.6 Å². The number of carbonyl (C=O) groups excluding carboxylic acids is 2. The van der Waals surface area contributed by atoms with Gasteiger partial charge in [-0.1, -0.05) is 5.16 Å². The molecule has 2 heterocycles. The molecule has 0 bridgehead atoms. The van der Waals surface area contributed by atoms with Gasteiger partial charge in [0, 0.05) is 19.0 Å². The Hall–Kier alpha value is -2.25. The molecule has 8 heteroatoms. The van der Waals surface area contributed by atoms with E-state index in [-0.39, 0.29) is 23.5 Å². The number of amides is 1. The predicted molar refractivity (Wildman–Crippen MR) is 82.0 cm³/mol. The molecule has 1 aromatic rings. The molecule has 0 aliphatic carbocycles. The van der Waals surface area contributed by atoms with Crippen LogP contribution in [0.3, 0.4) is 0 Å². The van der Waals surface area contributed by atoms with Crippen molar-refractivity contribution in [1.82, 2.24) is 10.1 Å². The molecule has 0 aromatic carbocycles. The molecule has 0 spiro atoms. The van der Waals surface area contributed by atoms with E-state index in [1.807, 2.05) is 20.8 Å². The minimum atomic E-state index is -0.666. The third kappa shape index (κ3) is 3.94. The molecular formula is C15H23N3O5. The molecule has 2 N–H and O–H groups in total. The first-order valence-electron chi connectivity index (χ1n) is 7.54. The smallest absolute Gasteiger partial charge is 0.410 e. The van der Waals surface area contributed by atoms with Gasteiger partial charge in [-0.05, 0) is 33.6 Å². The van der Waals surface area contributed by atoms with Gasteiger partial charge in [0.2, 0.25) is 0 Å². The van der Waals surface area contributed by atoms with Gasteiger partial charge in [-0.15, -0.1) is 0 Å². The first kappa shape index (κ1) is 17.1. The van der Waals surface area contributed by atoms with Crippen LogP contribution in [-0.2, 0) is 9.47 Å². The molecule has 2 rings (SSSR count). The molecule has 0 radical (unpaired) electrons. The van der Waals surface area contributed by atoms with Gasteiger partial charge in [-0.25, -0.2) is 9.59 Å².